The van der Waals surface area contributed by atoms with Crippen LogP contribution >= 0.6 is 0 Å². The Balaban J connectivity index is 2.27. The minimum atomic E-state index is -0.941. The second-order valence-electron chi connectivity index (χ2n) is 5.07. The van der Waals surface area contributed by atoms with Crippen molar-refractivity contribution in [2.24, 2.45) is 5.92 Å². The van der Waals surface area contributed by atoms with Crippen LogP contribution in [-0.4, -0.2) is 38.0 Å². The Hall–Kier alpha value is -2.77. The maximum Gasteiger partial charge on any atom is 0.327 e. The van der Waals surface area contributed by atoms with Gasteiger partial charge >= 0.3 is 11.8 Å². The SMILES string of the molecule is COc1ccc(OCC(=O)NNC(=O)C(=O)NCC(C)C)cc1. The number of rotatable bonds is 6. The van der Waals surface area contributed by atoms with Gasteiger partial charge in [-0.25, -0.2) is 0 Å². The van der Waals surface area contributed by atoms with Crippen LogP contribution in [0.2, 0.25) is 0 Å². The summed E-state index contributed by atoms with van der Waals surface area (Å²) in [5.41, 5.74) is 4.10. The second-order valence-corrected chi connectivity index (χ2v) is 5.07. The van der Waals surface area contributed by atoms with Crippen LogP contribution in [0.1, 0.15) is 13.8 Å². The van der Waals surface area contributed by atoms with E-state index in [0.29, 0.717) is 18.0 Å². The number of ether oxygens (including phenoxy) is 2. The first-order valence-electron chi connectivity index (χ1n) is 7.06. The highest BCUT2D eigenvalue weighted by Crippen LogP contribution is 2.16. The summed E-state index contributed by atoms with van der Waals surface area (Å²) in [7, 11) is 1.54. The molecule has 1 aromatic rings. The maximum atomic E-state index is 11.5. The van der Waals surface area contributed by atoms with Gasteiger partial charge in [-0.3, -0.25) is 25.2 Å². The van der Waals surface area contributed by atoms with E-state index >= 15 is 0 Å². The first-order valence-corrected chi connectivity index (χ1v) is 7.06. The topological polar surface area (TPSA) is 106 Å². The van der Waals surface area contributed by atoms with Gasteiger partial charge in [-0.15, -0.1) is 0 Å². The minimum Gasteiger partial charge on any atom is -0.497 e. The molecule has 1 aromatic carbocycles. The van der Waals surface area contributed by atoms with Gasteiger partial charge in [0.15, 0.2) is 6.61 Å². The van der Waals surface area contributed by atoms with E-state index in [-0.39, 0.29) is 12.5 Å². The average molecular weight is 323 g/mol. The minimum absolute atomic E-state index is 0.222. The first kappa shape index (κ1) is 18.3. The fourth-order valence-corrected chi connectivity index (χ4v) is 1.42. The molecule has 0 atom stereocenters. The number of benzene rings is 1. The van der Waals surface area contributed by atoms with Crippen LogP contribution in [0.5, 0.6) is 11.5 Å². The Morgan fingerprint density at radius 2 is 1.61 bits per heavy atom. The van der Waals surface area contributed by atoms with Crippen molar-refractivity contribution in [3.8, 4) is 11.5 Å². The van der Waals surface area contributed by atoms with E-state index in [9.17, 15) is 14.4 Å². The summed E-state index contributed by atoms with van der Waals surface area (Å²) in [4.78, 5) is 34.3. The van der Waals surface area contributed by atoms with Crippen LogP contribution in [0.15, 0.2) is 24.3 Å². The van der Waals surface area contributed by atoms with Crippen molar-refractivity contribution in [3.63, 3.8) is 0 Å². The van der Waals surface area contributed by atoms with E-state index in [1.54, 1.807) is 31.4 Å². The quantitative estimate of drug-likeness (QED) is 0.504. The number of amides is 3. The highest BCUT2D eigenvalue weighted by molar-refractivity contribution is 6.35. The Bertz CT molecular complexity index is 543. The van der Waals surface area contributed by atoms with Crippen molar-refractivity contribution in [2.75, 3.05) is 20.3 Å². The van der Waals surface area contributed by atoms with Gasteiger partial charge in [-0.05, 0) is 30.2 Å². The molecule has 0 unspecified atom stereocenters. The molecular weight excluding hydrogens is 302 g/mol. The summed E-state index contributed by atoms with van der Waals surface area (Å²) in [6.07, 6.45) is 0. The standard InChI is InChI=1S/C15H21N3O5/c1-10(2)8-16-14(20)15(21)18-17-13(19)9-23-12-6-4-11(22-3)5-7-12/h4-7,10H,8-9H2,1-3H3,(H,16,20)(H,17,19)(H,18,21). The highest BCUT2D eigenvalue weighted by atomic mass is 16.5. The molecule has 0 saturated carbocycles. The number of hydrogen-bond donors (Lipinski definition) is 3. The molecule has 0 bridgehead atoms. The van der Waals surface area contributed by atoms with Gasteiger partial charge in [0.25, 0.3) is 5.91 Å². The molecule has 3 amide bonds. The number of hydrogen-bond acceptors (Lipinski definition) is 5. The number of carbonyl (C=O) groups is 3. The Labute approximate surface area is 134 Å². The van der Waals surface area contributed by atoms with E-state index in [2.05, 4.69) is 10.7 Å². The van der Waals surface area contributed by atoms with Crippen molar-refractivity contribution < 1.29 is 23.9 Å². The summed E-state index contributed by atoms with van der Waals surface area (Å²) in [5.74, 6) is -0.980. The van der Waals surface area contributed by atoms with Gasteiger partial charge in [0, 0.05) is 6.54 Å². The second kappa shape index (κ2) is 9.29. The molecule has 0 heterocycles. The fourth-order valence-electron chi connectivity index (χ4n) is 1.42. The van der Waals surface area contributed by atoms with Crippen molar-refractivity contribution >= 4 is 17.7 Å². The number of hydrazine groups is 1. The van der Waals surface area contributed by atoms with Crippen molar-refractivity contribution in [2.45, 2.75) is 13.8 Å². The Morgan fingerprint density at radius 3 is 2.17 bits per heavy atom. The molecule has 8 nitrogen and oxygen atoms in total. The summed E-state index contributed by atoms with van der Waals surface area (Å²) in [6, 6.07) is 6.66. The molecule has 0 radical (unpaired) electrons. The molecule has 0 aliphatic heterocycles. The molecule has 3 N–H and O–H groups in total. The van der Waals surface area contributed by atoms with Crippen LogP contribution in [-0.2, 0) is 14.4 Å². The zero-order valence-electron chi connectivity index (χ0n) is 13.3. The molecular formula is C15H21N3O5. The lowest BCUT2D eigenvalue weighted by Gasteiger charge is -2.10. The zero-order valence-corrected chi connectivity index (χ0v) is 13.3. The third-order valence-corrected chi connectivity index (χ3v) is 2.62. The largest absolute Gasteiger partial charge is 0.497 e. The smallest absolute Gasteiger partial charge is 0.327 e. The van der Waals surface area contributed by atoms with Gasteiger partial charge in [-0.1, -0.05) is 13.8 Å². The lowest BCUT2D eigenvalue weighted by Crippen LogP contribution is -2.50. The van der Waals surface area contributed by atoms with Gasteiger partial charge in [0.05, 0.1) is 7.11 Å². The lowest BCUT2D eigenvalue weighted by atomic mass is 10.2. The first-order chi connectivity index (χ1) is 10.9. The molecule has 0 aliphatic rings. The Kier molecular flexibility index (Phi) is 7.38. The molecule has 23 heavy (non-hydrogen) atoms. The molecule has 1 rings (SSSR count). The highest BCUT2D eigenvalue weighted by Gasteiger charge is 2.14. The van der Waals surface area contributed by atoms with Crippen LogP contribution in [0.3, 0.4) is 0 Å². The molecule has 0 saturated heterocycles. The van der Waals surface area contributed by atoms with Gasteiger partial charge < -0.3 is 14.8 Å². The van der Waals surface area contributed by atoms with E-state index in [1.807, 2.05) is 19.3 Å². The number of carbonyl (C=O) groups excluding carboxylic acids is 3. The summed E-state index contributed by atoms with van der Waals surface area (Å²) >= 11 is 0. The predicted octanol–water partition coefficient (Wildman–Crippen LogP) is -0.00640. The number of nitrogens with one attached hydrogen (secondary N) is 3. The molecule has 0 aliphatic carbocycles. The summed E-state index contributed by atoms with van der Waals surface area (Å²) in [6.45, 7) is 3.87. The Morgan fingerprint density at radius 1 is 1.00 bits per heavy atom. The molecule has 126 valence electrons. The number of methoxy groups -OCH3 is 1. The average Bonchev–Trinajstić information content (AvgIpc) is 2.55. The van der Waals surface area contributed by atoms with E-state index in [0.717, 1.165) is 0 Å². The van der Waals surface area contributed by atoms with Crippen LogP contribution < -0.4 is 25.6 Å². The van der Waals surface area contributed by atoms with Gasteiger partial charge in [0.1, 0.15) is 11.5 Å². The van der Waals surface area contributed by atoms with Crippen molar-refractivity contribution in [1.29, 1.82) is 0 Å². The predicted molar refractivity (Wildman–Crippen MR) is 82.6 cm³/mol. The zero-order chi connectivity index (χ0) is 17.2. The molecule has 0 spiro atoms. The molecule has 0 fully saturated rings. The van der Waals surface area contributed by atoms with E-state index in [4.69, 9.17) is 9.47 Å². The maximum absolute atomic E-state index is 11.5. The van der Waals surface area contributed by atoms with E-state index < -0.39 is 17.7 Å². The van der Waals surface area contributed by atoms with Crippen molar-refractivity contribution in [1.82, 2.24) is 16.2 Å². The third kappa shape index (κ3) is 7.16. The van der Waals surface area contributed by atoms with Crippen LogP contribution in [0.4, 0.5) is 0 Å². The summed E-state index contributed by atoms with van der Waals surface area (Å²) < 4.78 is 10.2. The van der Waals surface area contributed by atoms with Crippen molar-refractivity contribution in [3.05, 3.63) is 24.3 Å². The normalized spacial score (nSPS) is 9.91. The third-order valence-electron chi connectivity index (χ3n) is 2.62. The van der Waals surface area contributed by atoms with Crippen LogP contribution in [0.25, 0.3) is 0 Å². The van der Waals surface area contributed by atoms with Gasteiger partial charge in [-0.2, -0.15) is 0 Å². The lowest BCUT2D eigenvalue weighted by molar-refractivity contribution is -0.141. The monoisotopic (exact) mass is 323 g/mol. The molecule has 8 heteroatoms. The molecule has 0 aromatic heterocycles. The summed E-state index contributed by atoms with van der Waals surface area (Å²) in [5, 5.41) is 2.43. The van der Waals surface area contributed by atoms with Gasteiger partial charge in [0.2, 0.25) is 0 Å². The fraction of sp³-hybridized carbons (Fsp3) is 0.400. The van der Waals surface area contributed by atoms with Crippen LogP contribution in [0, 0.1) is 5.92 Å². The van der Waals surface area contributed by atoms with E-state index in [1.165, 1.54) is 0 Å².